The van der Waals surface area contributed by atoms with E-state index in [9.17, 15) is 4.79 Å². The largest absolute Gasteiger partial charge is 0.462 e. The van der Waals surface area contributed by atoms with Crippen molar-refractivity contribution in [1.82, 2.24) is 0 Å². The molecule has 0 aromatic heterocycles. The van der Waals surface area contributed by atoms with Gasteiger partial charge in [-0.15, -0.1) is 6.58 Å². The maximum absolute atomic E-state index is 10.6. The summed E-state index contributed by atoms with van der Waals surface area (Å²) in [4.78, 5) is 10.6. The van der Waals surface area contributed by atoms with Gasteiger partial charge in [0.05, 0.1) is 19.3 Å². The average molecular weight is 254 g/mol. The van der Waals surface area contributed by atoms with Crippen LogP contribution in [-0.2, 0) is 23.7 Å². The van der Waals surface area contributed by atoms with Crippen LogP contribution >= 0.6 is 0 Å². The molecule has 5 heteroatoms. The summed E-state index contributed by atoms with van der Waals surface area (Å²) in [6.07, 6.45) is 5.58. The smallest absolute Gasteiger partial charge is 0.302 e. The molecule has 0 N–H and O–H groups in total. The highest BCUT2D eigenvalue weighted by molar-refractivity contribution is 5.65. The first kappa shape index (κ1) is 13.3. The van der Waals surface area contributed by atoms with Crippen LogP contribution < -0.4 is 0 Å². The first-order chi connectivity index (χ1) is 8.66. The summed E-state index contributed by atoms with van der Waals surface area (Å²) in [6, 6.07) is 0. The zero-order chi connectivity index (χ0) is 13.0. The number of hydrogen-bond donors (Lipinski definition) is 0. The fourth-order valence-electron chi connectivity index (χ4n) is 2.21. The second kappa shape index (κ2) is 5.65. The predicted molar refractivity (Wildman–Crippen MR) is 63.9 cm³/mol. The van der Waals surface area contributed by atoms with E-state index in [0.717, 1.165) is 0 Å². The van der Waals surface area contributed by atoms with Crippen molar-refractivity contribution in [3.63, 3.8) is 0 Å². The van der Waals surface area contributed by atoms with Crippen LogP contribution in [0.3, 0.4) is 0 Å². The lowest BCUT2D eigenvalue weighted by molar-refractivity contribution is -0.175. The molecule has 5 nitrogen and oxygen atoms in total. The number of esters is 1. The molecule has 0 amide bonds. The Morgan fingerprint density at radius 2 is 2.22 bits per heavy atom. The van der Waals surface area contributed by atoms with Crippen molar-refractivity contribution in [2.75, 3.05) is 19.8 Å². The van der Waals surface area contributed by atoms with Gasteiger partial charge in [0, 0.05) is 13.3 Å². The van der Waals surface area contributed by atoms with E-state index < -0.39 is 5.79 Å². The van der Waals surface area contributed by atoms with Crippen LogP contribution in [0.5, 0.6) is 0 Å². The van der Waals surface area contributed by atoms with E-state index in [1.165, 1.54) is 6.92 Å². The molecule has 2 fully saturated rings. The van der Waals surface area contributed by atoms with Crippen molar-refractivity contribution in [2.45, 2.75) is 31.3 Å². The zero-order valence-corrected chi connectivity index (χ0v) is 10.5. The Morgan fingerprint density at radius 3 is 2.83 bits per heavy atom. The van der Waals surface area contributed by atoms with E-state index in [-0.39, 0.29) is 24.8 Å². The number of carbonyl (C=O) groups is 1. The molecule has 2 rings (SSSR count). The minimum Gasteiger partial charge on any atom is -0.462 e. The summed E-state index contributed by atoms with van der Waals surface area (Å²) >= 11 is 0. The second-order valence-electron chi connectivity index (χ2n) is 4.27. The molecule has 100 valence electrons. The van der Waals surface area contributed by atoms with Gasteiger partial charge in [-0.3, -0.25) is 4.79 Å². The molecular formula is C13H18O5. The first-order valence-corrected chi connectivity index (χ1v) is 6.02. The molecule has 2 saturated heterocycles. The van der Waals surface area contributed by atoms with E-state index in [1.54, 1.807) is 12.2 Å². The van der Waals surface area contributed by atoms with Gasteiger partial charge in [0.2, 0.25) is 5.79 Å². The van der Waals surface area contributed by atoms with E-state index in [4.69, 9.17) is 18.9 Å². The molecule has 1 spiro atoms. The van der Waals surface area contributed by atoms with Gasteiger partial charge in [-0.05, 0) is 6.08 Å². The van der Waals surface area contributed by atoms with Gasteiger partial charge in [0.25, 0.3) is 0 Å². The number of rotatable bonds is 4. The molecule has 2 aliphatic rings. The van der Waals surface area contributed by atoms with Crippen molar-refractivity contribution < 1.29 is 23.7 Å². The monoisotopic (exact) mass is 254 g/mol. The maximum atomic E-state index is 10.6. The van der Waals surface area contributed by atoms with E-state index in [1.807, 2.05) is 6.08 Å². The van der Waals surface area contributed by atoms with Crippen molar-refractivity contribution in [2.24, 2.45) is 0 Å². The lowest BCUT2D eigenvalue weighted by Crippen LogP contribution is -2.37. The normalized spacial score (nSPS) is 30.1. The third-order valence-electron chi connectivity index (χ3n) is 2.96. The zero-order valence-electron chi connectivity index (χ0n) is 10.5. The Morgan fingerprint density at radius 1 is 1.50 bits per heavy atom. The standard InChI is InChI=1S/C13H18O5/c1-3-12-13(16-7-8-17-13)9-11(18-12)5-4-6-15-10(2)14/h3-5,11-12H,1,6-9H2,2H3/b5-4+/t11-,12+/m0/s1. The number of carbonyl (C=O) groups excluding carboxylic acids is 1. The van der Waals surface area contributed by atoms with Crippen LogP contribution in [0.2, 0.25) is 0 Å². The molecular weight excluding hydrogens is 236 g/mol. The molecule has 0 aliphatic carbocycles. The maximum Gasteiger partial charge on any atom is 0.302 e. The van der Waals surface area contributed by atoms with Crippen molar-refractivity contribution in [3.05, 3.63) is 24.8 Å². The highest BCUT2D eigenvalue weighted by Crippen LogP contribution is 2.38. The van der Waals surface area contributed by atoms with Crippen molar-refractivity contribution in [3.8, 4) is 0 Å². The minimum absolute atomic E-state index is 0.110. The fraction of sp³-hybridized carbons (Fsp3) is 0.615. The highest BCUT2D eigenvalue weighted by atomic mass is 16.8. The average Bonchev–Trinajstić information content (AvgIpc) is 2.93. The minimum atomic E-state index is -0.682. The van der Waals surface area contributed by atoms with E-state index in [2.05, 4.69) is 6.58 Å². The number of ether oxygens (including phenoxy) is 4. The van der Waals surface area contributed by atoms with E-state index >= 15 is 0 Å². The van der Waals surface area contributed by atoms with Crippen LogP contribution in [0.4, 0.5) is 0 Å². The third-order valence-corrected chi connectivity index (χ3v) is 2.96. The predicted octanol–water partition coefficient (Wildman–Crippen LogP) is 1.19. The third kappa shape index (κ3) is 2.80. The lowest BCUT2D eigenvalue weighted by Gasteiger charge is -2.24. The van der Waals surface area contributed by atoms with Crippen LogP contribution in [0.25, 0.3) is 0 Å². The lowest BCUT2D eigenvalue weighted by atomic mass is 10.1. The molecule has 0 saturated carbocycles. The summed E-state index contributed by atoms with van der Waals surface area (Å²) < 4.78 is 21.9. The molecule has 0 bridgehead atoms. The Hall–Kier alpha value is -1.17. The van der Waals surface area contributed by atoms with Gasteiger partial charge >= 0.3 is 5.97 Å². The molecule has 0 radical (unpaired) electrons. The van der Waals surface area contributed by atoms with Gasteiger partial charge < -0.3 is 18.9 Å². The van der Waals surface area contributed by atoms with Crippen LogP contribution in [0, 0.1) is 0 Å². The Labute approximate surface area is 106 Å². The number of hydrogen-bond acceptors (Lipinski definition) is 5. The molecule has 2 atom stereocenters. The van der Waals surface area contributed by atoms with Gasteiger partial charge in [-0.25, -0.2) is 0 Å². The van der Waals surface area contributed by atoms with E-state index in [0.29, 0.717) is 19.6 Å². The summed E-state index contributed by atoms with van der Waals surface area (Å²) in [5.41, 5.74) is 0. The molecule has 0 unspecified atom stereocenters. The fourth-order valence-corrected chi connectivity index (χ4v) is 2.21. The molecule has 2 aliphatic heterocycles. The quantitative estimate of drug-likeness (QED) is 0.557. The molecule has 0 aromatic carbocycles. The van der Waals surface area contributed by atoms with Crippen LogP contribution in [-0.4, -0.2) is 43.8 Å². The summed E-state index contributed by atoms with van der Waals surface area (Å²) in [5, 5.41) is 0. The molecule has 18 heavy (non-hydrogen) atoms. The summed E-state index contributed by atoms with van der Waals surface area (Å²) in [5.74, 6) is -0.979. The second-order valence-corrected chi connectivity index (χ2v) is 4.27. The van der Waals surface area contributed by atoms with Crippen molar-refractivity contribution >= 4 is 5.97 Å². The SMILES string of the molecule is C=C[C@H]1O[C@@H](/C=C/COC(C)=O)CC12OCCO2. The summed E-state index contributed by atoms with van der Waals surface area (Å²) in [7, 11) is 0. The van der Waals surface area contributed by atoms with Gasteiger partial charge in [-0.2, -0.15) is 0 Å². The first-order valence-electron chi connectivity index (χ1n) is 6.02. The topological polar surface area (TPSA) is 54.0 Å². The van der Waals surface area contributed by atoms with Gasteiger partial charge in [0.1, 0.15) is 12.7 Å². The Bertz CT molecular complexity index is 343. The Balaban J connectivity index is 1.89. The summed E-state index contributed by atoms with van der Waals surface area (Å²) in [6.45, 7) is 6.53. The van der Waals surface area contributed by atoms with Crippen LogP contribution in [0.1, 0.15) is 13.3 Å². The molecule has 0 aromatic rings. The highest BCUT2D eigenvalue weighted by Gasteiger charge is 2.51. The molecule has 2 heterocycles. The van der Waals surface area contributed by atoms with Gasteiger partial charge in [0.15, 0.2) is 0 Å². The van der Waals surface area contributed by atoms with Crippen molar-refractivity contribution in [1.29, 1.82) is 0 Å². The Kier molecular flexibility index (Phi) is 4.16. The van der Waals surface area contributed by atoms with Crippen LogP contribution in [0.15, 0.2) is 24.8 Å². The van der Waals surface area contributed by atoms with Gasteiger partial charge in [-0.1, -0.05) is 12.2 Å².